The maximum Gasteiger partial charge on any atom is 0.0790 e. The van der Waals surface area contributed by atoms with E-state index in [1.165, 1.54) is 85.1 Å². The molecular formula is C35H52N2O2S. The molecule has 2 aromatic rings. The second-order valence-corrected chi connectivity index (χ2v) is 14.0. The number of fused-ring (bicyclic) bond motifs is 2. The molecule has 0 aromatic heterocycles. The molecule has 0 spiro atoms. The Balaban J connectivity index is 1.12. The van der Waals surface area contributed by atoms with Crippen LogP contribution in [0.3, 0.4) is 0 Å². The highest BCUT2D eigenvalue weighted by Gasteiger charge is 2.22. The zero-order valence-corrected chi connectivity index (χ0v) is 25.8. The van der Waals surface area contributed by atoms with E-state index in [9.17, 15) is 10.2 Å². The van der Waals surface area contributed by atoms with Crippen LogP contribution in [-0.2, 0) is 6.42 Å². The van der Waals surface area contributed by atoms with E-state index in [2.05, 4.69) is 60.3 Å². The molecule has 2 N–H and O–H groups in total. The minimum atomic E-state index is -0.406. The normalized spacial score (nSPS) is 19.9. The first-order valence-electron chi connectivity index (χ1n) is 16.2. The summed E-state index contributed by atoms with van der Waals surface area (Å²) >= 11 is 1.82. The molecule has 220 valence electrons. The van der Waals surface area contributed by atoms with Gasteiger partial charge < -0.3 is 20.0 Å². The first-order chi connectivity index (χ1) is 19.5. The summed E-state index contributed by atoms with van der Waals surface area (Å²) in [6.45, 7) is 2.13. The van der Waals surface area contributed by atoms with Crippen molar-refractivity contribution in [2.45, 2.75) is 130 Å². The van der Waals surface area contributed by atoms with Crippen molar-refractivity contribution in [2.75, 3.05) is 27.2 Å². The first kappa shape index (κ1) is 30.1. The minimum absolute atomic E-state index is 0.406. The molecule has 1 aliphatic heterocycles. The Labute approximate surface area is 247 Å². The fraction of sp³-hybridized carbons (Fsp3) is 0.657. The van der Waals surface area contributed by atoms with E-state index < -0.39 is 12.2 Å². The fourth-order valence-corrected chi connectivity index (χ4v) is 8.26. The number of hydrogen-bond acceptors (Lipinski definition) is 5. The zero-order valence-electron chi connectivity index (χ0n) is 25.0. The van der Waals surface area contributed by atoms with Crippen molar-refractivity contribution in [2.24, 2.45) is 0 Å². The van der Waals surface area contributed by atoms with Gasteiger partial charge in [0.15, 0.2) is 0 Å². The second kappa shape index (κ2) is 14.7. The Morgan fingerprint density at radius 2 is 1.10 bits per heavy atom. The van der Waals surface area contributed by atoms with Crippen molar-refractivity contribution in [1.29, 1.82) is 0 Å². The van der Waals surface area contributed by atoms with Crippen molar-refractivity contribution < 1.29 is 10.2 Å². The number of rotatable bonds is 12. The molecule has 0 amide bonds. The summed E-state index contributed by atoms with van der Waals surface area (Å²) in [6, 6.07) is 14.6. The highest BCUT2D eigenvalue weighted by atomic mass is 32.2. The summed E-state index contributed by atoms with van der Waals surface area (Å²) in [4.78, 5) is 7.62. The molecule has 2 unspecified atom stereocenters. The highest BCUT2D eigenvalue weighted by molar-refractivity contribution is 7.99. The van der Waals surface area contributed by atoms with E-state index >= 15 is 0 Å². The van der Waals surface area contributed by atoms with Crippen molar-refractivity contribution in [3.05, 3.63) is 58.7 Å². The number of aliphatic hydroxyl groups excluding tert-OH is 2. The van der Waals surface area contributed by atoms with E-state index in [0.29, 0.717) is 0 Å². The third-order valence-corrected chi connectivity index (χ3v) is 11.1. The van der Waals surface area contributed by atoms with Gasteiger partial charge in [-0.1, -0.05) is 74.6 Å². The molecule has 4 nitrogen and oxygen atoms in total. The largest absolute Gasteiger partial charge is 0.388 e. The van der Waals surface area contributed by atoms with Crippen LogP contribution in [0.5, 0.6) is 0 Å². The van der Waals surface area contributed by atoms with Crippen LogP contribution in [0.25, 0.3) is 0 Å². The molecule has 2 saturated carbocycles. The molecule has 2 atom stereocenters. The molecule has 3 aliphatic rings. The Morgan fingerprint density at radius 3 is 1.52 bits per heavy atom. The molecule has 1 heterocycles. The lowest BCUT2D eigenvalue weighted by molar-refractivity contribution is 0.144. The van der Waals surface area contributed by atoms with E-state index in [-0.39, 0.29) is 0 Å². The maximum atomic E-state index is 11.0. The van der Waals surface area contributed by atoms with Crippen LogP contribution in [0.15, 0.2) is 46.2 Å². The summed E-state index contributed by atoms with van der Waals surface area (Å²) in [5.41, 5.74) is 4.69. The lowest BCUT2D eigenvalue weighted by Gasteiger charge is -2.31. The fourth-order valence-electron chi connectivity index (χ4n) is 7.22. The zero-order chi connectivity index (χ0) is 27.9. The second-order valence-electron chi connectivity index (χ2n) is 12.9. The van der Waals surface area contributed by atoms with Crippen LogP contribution in [0.4, 0.5) is 0 Å². The van der Waals surface area contributed by atoms with Crippen LogP contribution in [0.1, 0.15) is 124 Å². The van der Waals surface area contributed by atoms with E-state index in [1.54, 1.807) is 0 Å². The van der Waals surface area contributed by atoms with Crippen LogP contribution in [0.2, 0.25) is 0 Å². The monoisotopic (exact) mass is 564 g/mol. The van der Waals surface area contributed by atoms with Gasteiger partial charge in [-0.3, -0.25) is 0 Å². The molecule has 0 radical (unpaired) electrons. The molecule has 40 heavy (non-hydrogen) atoms. The number of hydrogen-bond donors (Lipinski definition) is 2. The van der Waals surface area contributed by atoms with E-state index in [4.69, 9.17) is 0 Å². The molecule has 0 saturated heterocycles. The van der Waals surface area contributed by atoms with Crippen molar-refractivity contribution >= 4 is 11.8 Å². The molecule has 0 bridgehead atoms. The third kappa shape index (κ3) is 7.92. The summed E-state index contributed by atoms with van der Waals surface area (Å²) in [5.74, 6) is 0. The van der Waals surface area contributed by atoms with Gasteiger partial charge in [-0.15, -0.1) is 0 Å². The van der Waals surface area contributed by atoms with Crippen LogP contribution >= 0.6 is 11.8 Å². The number of benzene rings is 2. The SMILES string of the molecule is CN(CCCC(O)c1ccc2c(c1)Cc1cc(C(O)CCCN(C)C3CCCCC3)ccc1S2)C1CCCCC1. The van der Waals surface area contributed by atoms with Gasteiger partial charge in [0.1, 0.15) is 0 Å². The Hall–Kier alpha value is -1.37. The predicted octanol–water partition coefficient (Wildman–Crippen LogP) is 7.90. The van der Waals surface area contributed by atoms with Gasteiger partial charge in [0.05, 0.1) is 12.2 Å². The van der Waals surface area contributed by atoms with Crippen molar-refractivity contribution in [3.63, 3.8) is 0 Å². The van der Waals surface area contributed by atoms with Gasteiger partial charge in [0.2, 0.25) is 0 Å². The smallest absolute Gasteiger partial charge is 0.0790 e. The lowest BCUT2D eigenvalue weighted by atomic mass is 9.94. The van der Waals surface area contributed by atoms with Crippen LogP contribution in [-0.4, -0.2) is 59.3 Å². The molecule has 2 aromatic carbocycles. The standard InChI is InChI=1S/C35H52N2O2S/c1-36(30-11-5-3-6-12-30)21-9-15-32(38)26-17-19-34-28(23-26)25-29-24-27(18-20-35(29)40-34)33(39)16-10-22-37(2)31-13-7-4-8-14-31/h17-20,23-24,30-33,38-39H,3-16,21-22,25H2,1-2H3. The predicted molar refractivity (Wildman–Crippen MR) is 167 cm³/mol. The molecule has 2 fully saturated rings. The van der Waals surface area contributed by atoms with Gasteiger partial charge in [-0.2, -0.15) is 0 Å². The average Bonchev–Trinajstić information content (AvgIpc) is 3.00. The van der Waals surface area contributed by atoms with Gasteiger partial charge in [0.25, 0.3) is 0 Å². The summed E-state index contributed by atoms with van der Waals surface area (Å²) in [6.07, 6.45) is 17.3. The van der Waals surface area contributed by atoms with Gasteiger partial charge in [-0.25, -0.2) is 0 Å². The van der Waals surface area contributed by atoms with Gasteiger partial charge in [-0.05, 0) is 119 Å². The Morgan fingerprint density at radius 1 is 0.675 bits per heavy atom. The van der Waals surface area contributed by atoms with Gasteiger partial charge >= 0.3 is 0 Å². The highest BCUT2D eigenvalue weighted by Crippen LogP contribution is 2.41. The van der Waals surface area contributed by atoms with Gasteiger partial charge in [0, 0.05) is 21.9 Å². The molecule has 5 heteroatoms. The third-order valence-electron chi connectivity index (χ3n) is 9.91. The van der Waals surface area contributed by atoms with Crippen molar-refractivity contribution in [3.8, 4) is 0 Å². The average molecular weight is 565 g/mol. The van der Waals surface area contributed by atoms with Crippen LogP contribution in [0, 0.1) is 0 Å². The quantitative estimate of drug-likeness (QED) is 0.234. The topological polar surface area (TPSA) is 46.9 Å². The Bertz CT molecular complexity index is 996. The van der Waals surface area contributed by atoms with E-state index in [1.807, 2.05) is 11.8 Å². The number of aliphatic hydroxyl groups is 2. The molecule has 5 rings (SSSR count). The number of nitrogens with zero attached hydrogens (tertiary/aromatic N) is 2. The molecule has 2 aliphatic carbocycles. The Kier molecular flexibility index (Phi) is 11.1. The summed E-state index contributed by atoms with van der Waals surface area (Å²) < 4.78 is 0. The lowest BCUT2D eigenvalue weighted by Crippen LogP contribution is -2.34. The summed E-state index contributed by atoms with van der Waals surface area (Å²) in [7, 11) is 4.52. The molecular weight excluding hydrogens is 512 g/mol. The maximum absolute atomic E-state index is 11.0. The first-order valence-corrected chi connectivity index (χ1v) is 17.0. The summed E-state index contributed by atoms with van der Waals surface area (Å²) in [5, 5.41) is 22.0. The van der Waals surface area contributed by atoms with E-state index in [0.717, 1.165) is 68.4 Å². The minimum Gasteiger partial charge on any atom is -0.388 e. The van der Waals surface area contributed by atoms with Crippen molar-refractivity contribution in [1.82, 2.24) is 9.80 Å². The van der Waals surface area contributed by atoms with Crippen LogP contribution < -0.4 is 0 Å².